The van der Waals surface area contributed by atoms with Crippen molar-refractivity contribution in [2.45, 2.75) is 4.90 Å². The summed E-state index contributed by atoms with van der Waals surface area (Å²) in [4.78, 5) is 12.9. The number of hydrogen-bond acceptors (Lipinski definition) is 3. The van der Waals surface area contributed by atoms with E-state index in [0.717, 1.165) is 16.5 Å². The predicted molar refractivity (Wildman–Crippen MR) is 120 cm³/mol. The van der Waals surface area contributed by atoms with E-state index in [1.165, 1.54) is 11.4 Å². The van der Waals surface area contributed by atoms with Gasteiger partial charge in [0.2, 0.25) is 0 Å². The van der Waals surface area contributed by atoms with Crippen LogP contribution in [0.1, 0.15) is 10.4 Å². The molecular formula is C24H20N2O3S. The fourth-order valence-corrected chi connectivity index (χ4v) is 4.46. The van der Waals surface area contributed by atoms with E-state index in [1.807, 2.05) is 42.5 Å². The average molecular weight is 417 g/mol. The highest BCUT2D eigenvalue weighted by Gasteiger charge is 2.21. The second-order valence-electron chi connectivity index (χ2n) is 6.81. The number of carbonyl (C=O) groups excluding carboxylic acids is 1. The van der Waals surface area contributed by atoms with Crippen molar-refractivity contribution in [3.05, 3.63) is 103 Å². The number of carbonyl (C=O) groups is 1. The fraction of sp³-hybridized carbons (Fsp3) is 0.0417. The second kappa shape index (κ2) is 8.00. The fourth-order valence-electron chi connectivity index (χ4n) is 3.24. The number of sulfonamides is 1. The maximum atomic E-state index is 12.8. The van der Waals surface area contributed by atoms with Crippen LogP contribution in [0.3, 0.4) is 0 Å². The first-order valence-corrected chi connectivity index (χ1v) is 10.8. The number of fused-ring (bicyclic) bond motifs is 1. The molecule has 1 amide bonds. The molecule has 0 heterocycles. The van der Waals surface area contributed by atoms with Gasteiger partial charge in [-0.25, -0.2) is 8.42 Å². The van der Waals surface area contributed by atoms with Gasteiger partial charge in [-0.2, -0.15) is 0 Å². The third-order valence-electron chi connectivity index (χ3n) is 4.93. The quantitative estimate of drug-likeness (QED) is 0.502. The topological polar surface area (TPSA) is 66.5 Å². The van der Waals surface area contributed by atoms with Crippen molar-refractivity contribution < 1.29 is 13.2 Å². The average Bonchev–Trinajstić information content (AvgIpc) is 2.79. The van der Waals surface area contributed by atoms with Crippen LogP contribution < -0.4 is 9.62 Å². The van der Waals surface area contributed by atoms with Crippen molar-refractivity contribution in [2.24, 2.45) is 0 Å². The number of amides is 1. The van der Waals surface area contributed by atoms with Gasteiger partial charge < -0.3 is 5.32 Å². The Balaban J connectivity index is 1.55. The minimum atomic E-state index is -3.67. The van der Waals surface area contributed by atoms with Crippen molar-refractivity contribution in [2.75, 3.05) is 16.7 Å². The summed E-state index contributed by atoms with van der Waals surface area (Å²) in [6.07, 6.45) is 0. The van der Waals surface area contributed by atoms with Crippen molar-refractivity contribution in [3.63, 3.8) is 0 Å². The van der Waals surface area contributed by atoms with Crippen LogP contribution in [0.25, 0.3) is 10.8 Å². The van der Waals surface area contributed by atoms with E-state index < -0.39 is 10.0 Å². The molecule has 0 atom stereocenters. The second-order valence-corrected chi connectivity index (χ2v) is 8.78. The van der Waals surface area contributed by atoms with Gasteiger partial charge in [0, 0.05) is 23.7 Å². The Labute approximate surface area is 175 Å². The van der Waals surface area contributed by atoms with Crippen LogP contribution in [0.4, 0.5) is 11.4 Å². The highest BCUT2D eigenvalue weighted by molar-refractivity contribution is 7.92. The molecule has 6 heteroatoms. The van der Waals surface area contributed by atoms with E-state index in [4.69, 9.17) is 0 Å². The van der Waals surface area contributed by atoms with Crippen molar-refractivity contribution in [1.82, 2.24) is 0 Å². The van der Waals surface area contributed by atoms with Gasteiger partial charge in [-0.15, -0.1) is 0 Å². The van der Waals surface area contributed by atoms with Gasteiger partial charge in [0.1, 0.15) is 0 Å². The van der Waals surface area contributed by atoms with Crippen LogP contribution in [0.2, 0.25) is 0 Å². The van der Waals surface area contributed by atoms with Gasteiger partial charge in [-0.1, -0.05) is 54.6 Å². The normalized spacial score (nSPS) is 11.2. The Hall–Kier alpha value is -3.64. The maximum Gasteiger partial charge on any atom is 0.264 e. The lowest BCUT2D eigenvalue weighted by Crippen LogP contribution is -2.26. The smallest absolute Gasteiger partial charge is 0.264 e. The summed E-state index contributed by atoms with van der Waals surface area (Å²) in [6, 6.07) is 28.3. The Bertz CT molecular complexity index is 1300. The van der Waals surface area contributed by atoms with Crippen LogP contribution in [-0.2, 0) is 10.0 Å². The zero-order valence-corrected chi connectivity index (χ0v) is 17.1. The first-order valence-electron chi connectivity index (χ1n) is 9.40. The van der Waals surface area contributed by atoms with E-state index >= 15 is 0 Å². The molecule has 0 bridgehead atoms. The molecule has 0 radical (unpaired) electrons. The van der Waals surface area contributed by atoms with Gasteiger partial charge >= 0.3 is 0 Å². The van der Waals surface area contributed by atoms with Gasteiger partial charge in [0.05, 0.1) is 10.6 Å². The van der Waals surface area contributed by atoms with E-state index in [-0.39, 0.29) is 10.8 Å². The molecule has 4 rings (SSSR count). The zero-order valence-electron chi connectivity index (χ0n) is 16.3. The molecule has 5 nitrogen and oxygen atoms in total. The monoisotopic (exact) mass is 416 g/mol. The highest BCUT2D eigenvalue weighted by Crippen LogP contribution is 2.25. The molecular weight excluding hydrogens is 396 g/mol. The molecule has 4 aromatic carbocycles. The molecule has 0 spiro atoms. The standard InChI is InChI=1S/C24H20N2O3S/c1-26(30(28,29)21-10-3-2-4-11-21)20-16-14-19(15-17-20)24(27)25-23-13-7-9-18-8-5-6-12-22(18)23/h2-17H,1H3,(H,25,27). The maximum absolute atomic E-state index is 12.8. The third kappa shape index (κ3) is 3.77. The van der Waals surface area contributed by atoms with Crippen LogP contribution in [0.15, 0.2) is 102 Å². The van der Waals surface area contributed by atoms with Crippen molar-refractivity contribution >= 4 is 38.1 Å². The molecule has 0 aliphatic heterocycles. The Kier molecular flexibility index (Phi) is 5.25. The summed E-state index contributed by atoms with van der Waals surface area (Å²) in [5, 5.41) is 4.93. The Morgan fingerprint density at radius 1 is 0.767 bits per heavy atom. The molecule has 4 aromatic rings. The molecule has 0 aromatic heterocycles. The number of rotatable bonds is 5. The zero-order chi connectivity index (χ0) is 21.1. The molecule has 0 fully saturated rings. The molecule has 150 valence electrons. The molecule has 0 saturated carbocycles. The van der Waals surface area contributed by atoms with Crippen molar-refractivity contribution in [1.29, 1.82) is 0 Å². The third-order valence-corrected chi connectivity index (χ3v) is 6.73. The molecule has 0 aliphatic carbocycles. The predicted octanol–water partition coefficient (Wildman–Crippen LogP) is 4.92. The molecule has 30 heavy (non-hydrogen) atoms. The Morgan fingerprint density at radius 3 is 2.13 bits per heavy atom. The number of nitrogens with one attached hydrogen (secondary N) is 1. The number of anilines is 2. The SMILES string of the molecule is CN(c1ccc(C(=O)Nc2cccc3ccccc23)cc1)S(=O)(=O)c1ccccc1. The lowest BCUT2D eigenvalue weighted by Gasteiger charge is -2.19. The summed E-state index contributed by atoms with van der Waals surface area (Å²) >= 11 is 0. The number of nitrogens with zero attached hydrogens (tertiary/aromatic N) is 1. The van der Waals surface area contributed by atoms with Crippen LogP contribution >= 0.6 is 0 Å². The molecule has 0 aliphatic rings. The summed E-state index contributed by atoms with van der Waals surface area (Å²) < 4.78 is 26.7. The molecule has 1 N–H and O–H groups in total. The molecule has 0 unspecified atom stereocenters. The summed E-state index contributed by atoms with van der Waals surface area (Å²) in [6.45, 7) is 0. The van der Waals surface area contributed by atoms with Crippen LogP contribution in [-0.4, -0.2) is 21.4 Å². The van der Waals surface area contributed by atoms with Crippen LogP contribution in [0.5, 0.6) is 0 Å². The van der Waals surface area contributed by atoms with E-state index in [9.17, 15) is 13.2 Å². The minimum Gasteiger partial charge on any atom is -0.321 e. The van der Waals surface area contributed by atoms with Crippen molar-refractivity contribution in [3.8, 4) is 0 Å². The summed E-state index contributed by atoms with van der Waals surface area (Å²) in [5.41, 5.74) is 1.64. The van der Waals surface area contributed by atoms with E-state index in [2.05, 4.69) is 5.32 Å². The minimum absolute atomic E-state index is 0.213. The highest BCUT2D eigenvalue weighted by atomic mass is 32.2. The lowest BCUT2D eigenvalue weighted by molar-refractivity contribution is 0.102. The summed E-state index contributed by atoms with van der Waals surface area (Å²) in [5.74, 6) is -0.258. The van der Waals surface area contributed by atoms with Gasteiger partial charge in [-0.3, -0.25) is 9.10 Å². The number of hydrogen-bond donors (Lipinski definition) is 1. The lowest BCUT2D eigenvalue weighted by atomic mass is 10.1. The van der Waals surface area contributed by atoms with Gasteiger partial charge in [-0.05, 0) is 47.9 Å². The number of benzene rings is 4. The van der Waals surface area contributed by atoms with E-state index in [0.29, 0.717) is 11.3 Å². The molecule has 0 saturated heterocycles. The first-order chi connectivity index (χ1) is 14.5. The largest absolute Gasteiger partial charge is 0.321 e. The van der Waals surface area contributed by atoms with Crippen LogP contribution in [0, 0.1) is 0 Å². The summed E-state index contributed by atoms with van der Waals surface area (Å²) in [7, 11) is -2.17. The first kappa shape index (κ1) is 19.7. The van der Waals surface area contributed by atoms with Gasteiger partial charge in [0.15, 0.2) is 0 Å². The van der Waals surface area contributed by atoms with Gasteiger partial charge in [0.25, 0.3) is 15.9 Å². The Morgan fingerprint density at radius 2 is 1.40 bits per heavy atom. The van der Waals surface area contributed by atoms with E-state index in [1.54, 1.807) is 54.6 Å².